The highest BCUT2D eigenvalue weighted by Crippen LogP contribution is 2.37. The standard InChI is InChI=1S/C13H26O3S/c1-8-13(4,17(5,6,7)15)9-10-16-12(14)11(2)3/h2,8-10H2,1,3-7H3. The van der Waals surface area contributed by atoms with Gasteiger partial charge in [0.25, 0.3) is 0 Å². The lowest BCUT2D eigenvalue weighted by atomic mass is 10.0. The summed E-state index contributed by atoms with van der Waals surface area (Å²) in [6.07, 6.45) is 6.83. The van der Waals surface area contributed by atoms with Gasteiger partial charge >= 0.3 is 5.97 Å². The van der Waals surface area contributed by atoms with Crippen molar-refractivity contribution in [3.63, 3.8) is 0 Å². The van der Waals surface area contributed by atoms with E-state index in [1.807, 2.05) is 13.8 Å². The Morgan fingerprint density at radius 3 is 2.12 bits per heavy atom. The fraction of sp³-hybridized carbons (Fsp3) is 0.769. The third kappa shape index (κ3) is 4.26. The summed E-state index contributed by atoms with van der Waals surface area (Å²) in [5.74, 6) is -0.379. The summed E-state index contributed by atoms with van der Waals surface area (Å²) in [7, 11) is -2.69. The predicted octanol–water partition coefficient (Wildman–Crippen LogP) is 2.37. The van der Waals surface area contributed by atoms with Crippen LogP contribution in [0, 0.1) is 0 Å². The number of carbonyl (C=O) groups is 1. The van der Waals surface area contributed by atoms with E-state index in [-0.39, 0.29) is 10.7 Å². The van der Waals surface area contributed by atoms with Gasteiger partial charge in [-0.05, 0) is 45.5 Å². The van der Waals surface area contributed by atoms with E-state index in [1.54, 1.807) is 25.7 Å². The van der Waals surface area contributed by atoms with Crippen LogP contribution in [0.15, 0.2) is 12.2 Å². The van der Waals surface area contributed by atoms with Gasteiger partial charge in [-0.3, -0.25) is 4.21 Å². The Morgan fingerprint density at radius 2 is 1.82 bits per heavy atom. The summed E-state index contributed by atoms with van der Waals surface area (Å²) in [6, 6.07) is 0. The number of esters is 1. The fourth-order valence-corrected chi connectivity index (χ4v) is 3.26. The SMILES string of the molecule is C=C(C)C(=O)OCCC(C)(CC)S(C)(C)(C)=O. The van der Waals surface area contributed by atoms with Crippen molar-refractivity contribution in [2.75, 3.05) is 25.4 Å². The first-order chi connectivity index (χ1) is 7.40. The van der Waals surface area contributed by atoms with E-state index in [2.05, 4.69) is 6.58 Å². The third-order valence-corrected chi connectivity index (χ3v) is 7.49. The van der Waals surface area contributed by atoms with Crippen LogP contribution in [-0.2, 0) is 18.6 Å². The smallest absolute Gasteiger partial charge is 0.333 e. The number of hydrogen-bond donors (Lipinski definition) is 0. The molecule has 0 N–H and O–H groups in total. The third-order valence-electron chi connectivity index (χ3n) is 3.64. The van der Waals surface area contributed by atoms with Gasteiger partial charge in [0, 0.05) is 10.3 Å². The molecule has 0 radical (unpaired) electrons. The average Bonchev–Trinajstić information content (AvgIpc) is 2.13. The van der Waals surface area contributed by atoms with Gasteiger partial charge in [-0.1, -0.05) is 22.6 Å². The van der Waals surface area contributed by atoms with Gasteiger partial charge in [0.1, 0.15) is 0 Å². The maximum atomic E-state index is 12.7. The zero-order valence-corrected chi connectivity index (χ0v) is 12.8. The van der Waals surface area contributed by atoms with E-state index >= 15 is 0 Å². The minimum absolute atomic E-state index is 0.292. The fourth-order valence-electron chi connectivity index (χ4n) is 1.50. The highest BCUT2D eigenvalue weighted by Gasteiger charge is 2.41. The normalized spacial score (nSPS) is 17.6. The molecule has 4 heteroatoms. The molecule has 17 heavy (non-hydrogen) atoms. The van der Waals surface area contributed by atoms with Crippen LogP contribution in [0.3, 0.4) is 0 Å². The molecule has 0 aromatic carbocycles. The van der Waals surface area contributed by atoms with Crippen molar-refractivity contribution in [1.29, 1.82) is 0 Å². The van der Waals surface area contributed by atoms with E-state index < -0.39 is 9.07 Å². The molecule has 0 aromatic rings. The Balaban J connectivity index is 4.60. The lowest BCUT2D eigenvalue weighted by Gasteiger charge is -2.47. The summed E-state index contributed by atoms with van der Waals surface area (Å²) in [6.45, 7) is 9.45. The Bertz CT molecular complexity index is 367. The molecule has 0 heterocycles. The van der Waals surface area contributed by atoms with Crippen molar-refractivity contribution in [1.82, 2.24) is 0 Å². The molecule has 1 atom stereocenters. The van der Waals surface area contributed by atoms with Crippen molar-refractivity contribution in [2.24, 2.45) is 0 Å². The van der Waals surface area contributed by atoms with Crippen LogP contribution in [0.25, 0.3) is 0 Å². The monoisotopic (exact) mass is 262 g/mol. The topological polar surface area (TPSA) is 43.4 Å². The number of rotatable bonds is 6. The van der Waals surface area contributed by atoms with Crippen molar-refractivity contribution in [3.05, 3.63) is 12.2 Å². The van der Waals surface area contributed by atoms with Crippen LogP contribution in [0.4, 0.5) is 0 Å². The van der Waals surface area contributed by atoms with Gasteiger partial charge in [-0.25, -0.2) is 4.79 Å². The van der Waals surface area contributed by atoms with Gasteiger partial charge in [-0.15, -0.1) is 0 Å². The van der Waals surface area contributed by atoms with Gasteiger partial charge in [0.2, 0.25) is 0 Å². The first kappa shape index (κ1) is 16.4. The first-order valence-corrected chi connectivity index (χ1v) is 9.00. The second-order valence-electron chi connectivity index (χ2n) is 5.89. The van der Waals surface area contributed by atoms with Crippen molar-refractivity contribution in [3.8, 4) is 0 Å². The van der Waals surface area contributed by atoms with Gasteiger partial charge in [0.15, 0.2) is 0 Å². The number of ether oxygens (including phenoxy) is 1. The Hall–Kier alpha value is -0.640. The van der Waals surface area contributed by atoms with Gasteiger partial charge in [0.05, 0.1) is 6.61 Å². The molecular formula is C13H26O3S. The molecule has 0 aromatic heterocycles. The second kappa shape index (κ2) is 4.92. The Labute approximate surface area is 105 Å². The van der Waals surface area contributed by atoms with Crippen LogP contribution in [0.2, 0.25) is 0 Å². The molecule has 0 saturated carbocycles. The molecule has 0 spiro atoms. The Kier molecular flexibility index (Phi) is 4.74. The lowest BCUT2D eigenvalue weighted by Crippen LogP contribution is -2.51. The van der Waals surface area contributed by atoms with Crippen LogP contribution in [-0.4, -0.2) is 40.3 Å². The minimum atomic E-state index is -2.69. The summed E-state index contributed by atoms with van der Waals surface area (Å²) in [5.41, 5.74) is 0.394. The summed E-state index contributed by atoms with van der Waals surface area (Å²) >= 11 is 0. The van der Waals surface area contributed by atoms with E-state index in [0.29, 0.717) is 18.6 Å². The molecule has 1 unspecified atom stereocenters. The minimum Gasteiger partial charge on any atom is -0.462 e. The van der Waals surface area contributed by atoms with Crippen molar-refractivity contribution < 1.29 is 13.7 Å². The summed E-state index contributed by atoms with van der Waals surface area (Å²) < 4.78 is 17.5. The lowest BCUT2D eigenvalue weighted by molar-refractivity contribution is -0.139. The molecule has 0 bridgehead atoms. The average molecular weight is 262 g/mol. The number of carbonyl (C=O) groups excluding carboxylic acids is 1. The molecule has 0 aliphatic heterocycles. The molecule has 0 rings (SSSR count). The van der Waals surface area contributed by atoms with Crippen LogP contribution < -0.4 is 0 Å². The molecule has 0 aliphatic carbocycles. The van der Waals surface area contributed by atoms with Crippen molar-refractivity contribution >= 4 is 15.0 Å². The molecule has 102 valence electrons. The molecular weight excluding hydrogens is 236 g/mol. The highest BCUT2D eigenvalue weighted by atomic mass is 32.3. The summed E-state index contributed by atoms with van der Waals surface area (Å²) in [5, 5.41) is 0. The van der Waals surface area contributed by atoms with Crippen LogP contribution >= 0.6 is 0 Å². The van der Waals surface area contributed by atoms with E-state index in [1.165, 1.54) is 0 Å². The zero-order chi connectivity index (χ0) is 13.9. The number of hydrogen-bond acceptors (Lipinski definition) is 3. The molecule has 0 fully saturated rings. The molecule has 0 saturated heterocycles. The second-order valence-corrected chi connectivity index (χ2v) is 11.7. The van der Waals surface area contributed by atoms with E-state index in [9.17, 15) is 9.00 Å². The Morgan fingerprint density at radius 1 is 1.35 bits per heavy atom. The molecule has 0 aliphatic rings. The highest BCUT2D eigenvalue weighted by molar-refractivity contribution is 8.19. The van der Waals surface area contributed by atoms with E-state index in [4.69, 9.17) is 4.74 Å². The quantitative estimate of drug-likeness (QED) is 0.545. The van der Waals surface area contributed by atoms with Gasteiger partial charge < -0.3 is 4.74 Å². The van der Waals surface area contributed by atoms with Crippen molar-refractivity contribution in [2.45, 2.75) is 38.4 Å². The molecule has 0 amide bonds. The largest absolute Gasteiger partial charge is 0.462 e. The van der Waals surface area contributed by atoms with Gasteiger partial charge in [-0.2, -0.15) is 0 Å². The first-order valence-electron chi connectivity index (χ1n) is 5.81. The van der Waals surface area contributed by atoms with Crippen LogP contribution in [0.5, 0.6) is 0 Å². The predicted molar refractivity (Wildman–Crippen MR) is 75.0 cm³/mol. The van der Waals surface area contributed by atoms with Crippen LogP contribution in [0.1, 0.15) is 33.6 Å². The zero-order valence-electron chi connectivity index (χ0n) is 12.0. The maximum Gasteiger partial charge on any atom is 0.333 e. The summed E-state index contributed by atoms with van der Waals surface area (Å²) in [4.78, 5) is 11.3. The maximum absolute atomic E-state index is 12.7. The molecule has 3 nitrogen and oxygen atoms in total. The van der Waals surface area contributed by atoms with E-state index in [0.717, 1.165) is 6.42 Å².